The summed E-state index contributed by atoms with van der Waals surface area (Å²) < 4.78 is 5.08. The van der Waals surface area contributed by atoms with E-state index in [-0.39, 0.29) is 6.42 Å². The van der Waals surface area contributed by atoms with Crippen LogP contribution in [0.2, 0.25) is 0 Å². The first-order chi connectivity index (χ1) is 14.8. The highest BCUT2D eigenvalue weighted by atomic mass is 16.6. The zero-order valence-electron chi connectivity index (χ0n) is 20.1. The van der Waals surface area contributed by atoms with Gasteiger partial charge >= 0.3 is 5.97 Å². The molecule has 1 unspecified atom stereocenters. The van der Waals surface area contributed by atoms with E-state index in [1.54, 1.807) is 0 Å². The van der Waals surface area contributed by atoms with Gasteiger partial charge in [-0.15, -0.1) is 0 Å². The summed E-state index contributed by atoms with van der Waals surface area (Å²) in [5.41, 5.74) is -2.30. The summed E-state index contributed by atoms with van der Waals surface area (Å²) >= 11 is 0. The molecule has 0 heterocycles. The van der Waals surface area contributed by atoms with Gasteiger partial charge in [-0.25, -0.2) is 0 Å². The monoisotopic (exact) mass is 442 g/mol. The van der Waals surface area contributed by atoms with Crippen molar-refractivity contribution in [2.45, 2.75) is 135 Å². The van der Waals surface area contributed by atoms with Crippen molar-refractivity contribution in [3.63, 3.8) is 0 Å². The van der Waals surface area contributed by atoms with Gasteiger partial charge in [0.2, 0.25) is 0 Å². The summed E-state index contributed by atoms with van der Waals surface area (Å²) in [5, 5.41) is 19.0. The third-order valence-electron chi connectivity index (χ3n) is 5.95. The maximum absolute atomic E-state index is 12.1. The van der Waals surface area contributed by atoms with Crippen LogP contribution in [0, 0.1) is 0 Å². The number of carbonyl (C=O) groups is 3. The van der Waals surface area contributed by atoms with Gasteiger partial charge in [-0.2, -0.15) is 0 Å². The minimum atomic E-state index is -2.30. The van der Waals surface area contributed by atoms with E-state index in [0.29, 0.717) is 6.42 Å². The molecule has 182 valence electrons. The first kappa shape index (κ1) is 29.7. The van der Waals surface area contributed by atoms with Gasteiger partial charge in [0.25, 0.3) is 5.60 Å². The van der Waals surface area contributed by atoms with E-state index < -0.39 is 35.8 Å². The van der Waals surface area contributed by atoms with Crippen molar-refractivity contribution in [1.82, 2.24) is 0 Å². The van der Waals surface area contributed by atoms with Gasteiger partial charge in [-0.3, -0.25) is 14.4 Å². The third-order valence-corrected chi connectivity index (χ3v) is 5.95. The van der Waals surface area contributed by atoms with E-state index in [2.05, 4.69) is 6.92 Å². The summed E-state index contributed by atoms with van der Waals surface area (Å²) in [7, 11) is 0. The smallest absolute Gasteiger partial charge is 0.307 e. The quantitative estimate of drug-likeness (QED) is 0.146. The number of esters is 1. The van der Waals surface area contributed by atoms with Gasteiger partial charge in [0, 0.05) is 6.42 Å². The Morgan fingerprint density at radius 2 is 1.06 bits per heavy atom. The molecule has 6 nitrogen and oxygen atoms in total. The van der Waals surface area contributed by atoms with Crippen LogP contribution in [0.25, 0.3) is 0 Å². The number of hydrogen-bond donors (Lipinski definition) is 2. The molecular formula is C25H46O6. The topological polar surface area (TPSA) is 101 Å². The maximum Gasteiger partial charge on any atom is 0.307 e. The number of ketones is 2. The minimum Gasteiger partial charge on any atom is -0.440 e. The molecule has 2 N–H and O–H groups in total. The van der Waals surface area contributed by atoms with Gasteiger partial charge in [0.05, 0.1) is 6.61 Å². The van der Waals surface area contributed by atoms with E-state index >= 15 is 0 Å². The van der Waals surface area contributed by atoms with Crippen molar-refractivity contribution in [2.24, 2.45) is 0 Å². The second-order valence-electron chi connectivity index (χ2n) is 8.72. The van der Waals surface area contributed by atoms with E-state index in [4.69, 9.17) is 9.84 Å². The molecule has 0 aromatic heterocycles. The first-order valence-electron chi connectivity index (χ1n) is 12.4. The van der Waals surface area contributed by atoms with Crippen molar-refractivity contribution in [2.75, 3.05) is 6.61 Å². The second-order valence-corrected chi connectivity index (χ2v) is 8.72. The molecule has 0 aliphatic rings. The number of unbranched alkanes of at least 4 members (excludes halogenated alkanes) is 14. The predicted octanol–water partition coefficient (Wildman–Crippen LogP) is 5.06. The Balaban J connectivity index is 3.82. The predicted molar refractivity (Wildman–Crippen MR) is 123 cm³/mol. The number of carbonyl (C=O) groups excluding carboxylic acids is 3. The lowest BCUT2D eigenvalue weighted by Crippen LogP contribution is -2.58. The summed E-state index contributed by atoms with van der Waals surface area (Å²) in [6.07, 6.45) is 16.6. The van der Waals surface area contributed by atoms with E-state index in [0.717, 1.165) is 33.1 Å². The Hall–Kier alpha value is -1.27. The zero-order valence-corrected chi connectivity index (χ0v) is 20.1. The molecule has 0 saturated carbocycles. The molecule has 6 heteroatoms. The van der Waals surface area contributed by atoms with Crippen LogP contribution in [0.15, 0.2) is 0 Å². The zero-order chi connectivity index (χ0) is 23.5. The average molecular weight is 443 g/mol. The maximum atomic E-state index is 12.1. The number of ether oxygens (including phenoxy) is 1. The highest BCUT2D eigenvalue weighted by Gasteiger charge is 2.50. The van der Waals surface area contributed by atoms with Crippen LogP contribution in [0.1, 0.15) is 124 Å². The Morgan fingerprint density at radius 1 is 0.710 bits per heavy atom. The van der Waals surface area contributed by atoms with Gasteiger partial charge in [-0.1, -0.05) is 96.8 Å². The largest absolute Gasteiger partial charge is 0.440 e. The average Bonchev–Trinajstić information content (AvgIpc) is 2.73. The summed E-state index contributed by atoms with van der Waals surface area (Å²) in [6.45, 7) is 3.55. The lowest BCUT2D eigenvalue weighted by molar-refractivity contribution is -0.186. The molecular weight excluding hydrogens is 396 g/mol. The highest BCUT2D eigenvalue weighted by molar-refractivity contribution is 6.10. The molecule has 0 spiro atoms. The fourth-order valence-electron chi connectivity index (χ4n) is 3.93. The third kappa shape index (κ3) is 12.4. The van der Waals surface area contributed by atoms with Gasteiger partial charge in [-0.05, 0) is 20.3 Å². The molecule has 0 aliphatic heterocycles. The normalized spacial score (nSPS) is 12.5. The van der Waals surface area contributed by atoms with Crippen molar-refractivity contribution < 1.29 is 29.3 Å². The fraction of sp³-hybridized carbons (Fsp3) is 0.880. The summed E-state index contributed by atoms with van der Waals surface area (Å²) in [5.74, 6) is -2.27. The van der Waals surface area contributed by atoms with Crippen molar-refractivity contribution in [1.29, 1.82) is 0 Å². The highest BCUT2D eigenvalue weighted by Crippen LogP contribution is 2.22. The van der Waals surface area contributed by atoms with E-state index in [1.807, 2.05) is 0 Å². The molecule has 0 bridgehead atoms. The molecule has 0 fully saturated rings. The SMILES string of the molecule is CCCCCCCCCCCCCCCCCC(=O)OC(C(C)=O)(C(C)=O)C(O)CO. The summed E-state index contributed by atoms with van der Waals surface area (Å²) in [4.78, 5) is 35.9. The molecule has 0 aromatic rings. The number of aliphatic hydroxyl groups is 2. The van der Waals surface area contributed by atoms with Crippen LogP contribution in [0.3, 0.4) is 0 Å². The number of hydrogen-bond acceptors (Lipinski definition) is 6. The Labute approximate surface area is 189 Å². The molecule has 0 aliphatic carbocycles. The molecule has 0 aromatic carbocycles. The van der Waals surface area contributed by atoms with Crippen LogP contribution in [0.4, 0.5) is 0 Å². The van der Waals surface area contributed by atoms with E-state index in [1.165, 1.54) is 70.6 Å². The number of rotatable bonds is 21. The molecule has 0 amide bonds. The van der Waals surface area contributed by atoms with Crippen molar-refractivity contribution in [3.05, 3.63) is 0 Å². The standard InChI is InChI=1S/C25H46O6/c1-4-5-6-7-8-9-10-11-12-13-14-15-16-17-18-19-24(30)31-25(21(2)27,22(3)28)23(29)20-26/h23,26,29H,4-20H2,1-3H3. The van der Waals surface area contributed by atoms with Crippen LogP contribution in [-0.2, 0) is 19.1 Å². The molecule has 1 atom stereocenters. The van der Waals surface area contributed by atoms with Crippen LogP contribution >= 0.6 is 0 Å². The summed E-state index contributed by atoms with van der Waals surface area (Å²) in [6, 6.07) is 0. The Bertz CT molecular complexity index is 488. The van der Waals surface area contributed by atoms with Crippen molar-refractivity contribution >= 4 is 17.5 Å². The van der Waals surface area contributed by atoms with E-state index in [9.17, 15) is 19.5 Å². The molecule has 0 radical (unpaired) electrons. The van der Waals surface area contributed by atoms with Crippen LogP contribution in [0.5, 0.6) is 0 Å². The number of aliphatic hydroxyl groups excluding tert-OH is 2. The lowest BCUT2D eigenvalue weighted by atomic mass is 9.88. The number of Topliss-reactive ketones (excluding diaryl/α,β-unsaturated/α-hetero) is 2. The Kier molecular flexibility index (Phi) is 17.6. The lowest BCUT2D eigenvalue weighted by Gasteiger charge is -2.31. The molecule has 31 heavy (non-hydrogen) atoms. The minimum absolute atomic E-state index is 0.0821. The van der Waals surface area contributed by atoms with Crippen LogP contribution < -0.4 is 0 Å². The first-order valence-corrected chi connectivity index (χ1v) is 12.4. The second kappa shape index (κ2) is 18.3. The molecule has 0 saturated heterocycles. The van der Waals surface area contributed by atoms with Gasteiger partial charge in [0.15, 0.2) is 11.6 Å². The van der Waals surface area contributed by atoms with Crippen molar-refractivity contribution in [3.8, 4) is 0 Å². The van der Waals surface area contributed by atoms with Crippen LogP contribution in [-0.4, -0.2) is 46.1 Å². The molecule has 0 rings (SSSR count). The Morgan fingerprint density at radius 3 is 1.39 bits per heavy atom. The fourth-order valence-corrected chi connectivity index (χ4v) is 3.93. The van der Waals surface area contributed by atoms with Gasteiger partial charge in [0.1, 0.15) is 6.10 Å². The van der Waals surface area contributed by atoms with Gasteiger partial charge < -0.3 is 14.9 Å².